The van der Waals surface area contributed by atoms with E-state index >= 15 is 0 Å². The highest BCUT2D eigenvalue weighted by atomic mass is 35.5. The molecule has 0 aromatic heterocycles. The fourth-order valence-electron chi connectivity index (χ4n) is 2.32. The first-order chi connectivity index (χ1) is 12.1. The summed E-state index contributed by atoms with van der Waals surface area (Å²) in [4.78, 5) is 11.9. The summed E-state index contributed by atoms with van der Waals surface area (Å²) >= 11 is 12.1. The van der Waals surface area contributed by atoms with E-state index < -0.39 is 0 Å². The van der Waals surface area contributed by atoms with E-state index in [-0.39, 0.29) is 12.5 Å². The molecule has 25 heavy (non-hydrogen) atoms. The first kappa shape index (κ1) is 17.3. The number of carbonyl (C=O) groups is 1. The average Bonchev–Trinajstić information content (AvgIpc) is 2.62. The van der Waals surface area contributed by atoms with Gasteiger partial charge in [0.05, 0.1) is 22.8 Å². The normalized spacial score (nSPS) is 11.0. The molecule has 3 rings (SSSR count). The van der Waals surface area contributed by atoms with Crippen LogP contribution >= 0.6 is 23.2 Å². The molecule has 4 nitrogen and oxygen atoms in total. The highest BCUT2D eigenvalue weighted by Crippen LogP contribution is 2.22. The molecule has 6 heteroatoms. The summed E-state index contributed by atoms with van der Waals surface area (Å²) in [7, 11) is 0. The quantitative estimate of drug-likeness (QED) is 0.504. The lowest BCUT2D eigenvalue weighted by Gasteiger charge is -2.07. The topological polar surface area (TPSA) is 53.5 Å². The molecule has 3 aromatic carbocycles. The minimum atomic E-state index is -0.271. The zero-order valence-corrected chi connectivity index (χ0v) is 14.7. The lowest BCUT2D eigenvalue weighted by Crippen LogP contribution is -2.25. The van der Waals surface area contributed by atoms with Crippen LogP contribution < -0.4 is 10.7 Å². The standard InChI is InChI=1S/C19H15Cl2N3O/c20-17-6-3-7-18(21)16(17)11-23-24-19(25)12-22-15-9-8-13-4-1-2-5-14(13)10-15/h1-11,22H,12H2,(H,24,25). The maximum Gasteiger partial charge on any atom is 0.259 e. The third-order valence-electron chi connectivity index (χ3n) is 3.59. The summed E-state index contributed by atoms with van der Waals surface area (Å²) in [6, 6.07) is 19.1. The minimum absolute atomic E-state index is 0.103. The summed E-state index contributed by atoms with van der Waals surface area (Å²) in [5, 5.41) is 10.2. The van der Waals surface area contributed by atoms with Crippen LogP contribution in [0, 0.1) is 0 Å². The van der Waals surface area contributed by atoms with E-state index in [0.29, 0.717) is 15.6 Å². The van der Waals surface area contributed by atoms with Crippen molar-refractivity contribution in [1.29, 1.82) is 0 Å². The fraction of sp³-hybridized carbons (Fsp3) is 0.0526. The van der Waals surface area contributed by atoms with Gasteiger partial charge in [0, 0.05) is 11.3 Å². The predicted molar refractivity (Wildman–Crippen MR) is 105 cm³/mol. The van der Waals surface area contributed by atoms with E-state index in [1.807, 2.05) is 42.5 Å². The van der Waals surface area contributed by atoms with Crippen LogP contribution in [0.4, 0.5) is 5.69 Å². The number of nitrogens with zero attached hydrogens (tertiary/aromatic N) is 1. The van der Waals surface area contributed by atoms with Crippen LogP contribution in [0.15, 0.2) is 65.8 Å². The molecular formula is C19H15Cl2N3O. The molecule has 1 amide bonds. The summed E-state index contributed by atoms with van der Waals surface area (Å²) in [5.41, 5.74) is 3.87. The number of fused-ring (bicyclic) bond motifs is 1. The number of nitrogens with one attached hydrogen (secondary N) is 2. The van der Waals surface area contributed by atoms with Crippen molar-refractivity contribution < 1.29 is 4.79 Å². The van der Waals surface area contributed by atoms with Crippen molar-refractivity contribution in [2.75, 3.05) is 11.9 Å². The summed E-state index contributed by atoms with van der Waals surface area (Å²) in [5.74, 6) is -0.271. The van der Waals surface area contributed by atoms with Gasteiger partial charge in [0.1, 0.15) is 0 Å². The maximum atomic E-state index is 11.9. The van der Waals surface area contributed by atoms with Crippen LogP contribution in [0.25, 0.3) is 10.8 Å². The van der Waals surface area contributed by atoms with Gasteiger partial charge in [-0.15, -0.1) is 0 Å². The summed E-state index contributed by atoms with van der Waals surface area (Å²) in [6.07, 6.45) is 1.43. The molecule has 0 aliphatic rings. The number of anilines is 1. The number of halogens is 2. The molecule has 0 bridgehead atoms. The first-order valence-electron chi connectivity index (χ1n) is 7.62. The Bertz CT molecular complexity index is 921. The summed E-state index contributed by atoms with van der Waals surface area (Å²) < 4.78 is 0. The number of hydrazone groups is 1. The smallest absolute Gasteiger partial charge is 0.259 e. The van der Waals surface area contributed by atoms with Gasteiger partial charge in [-0.3, -0.25) is 4.79 Å². The lowest BCUT2D eigenvalue weighted by molar-refractivity contribution is -0.119. The zero-order chi connectivity index (χ0) is 17.6. The third-order valence-corrected chi connectivity index (χ3v) is 4.24. The molecule has 0 aliphatic carbocycles. The maximum absolute atomic E-state index is 11.9. The molecule has 3 aromatic rings. The second-order valence-electron chi connectivity index (χ2n) is 5.34. The Morgan fingerprint density at radius 3 is 2.44 bits per heavy atom. The predicted octanol–water partition coefficient (Wildman–Crippen LogP) is 4.71. The van der Waals surface area contributed by atoms with Crippen molar-refractivity contribution in [2.24, 2.45) is 5.10 Å². The Kier molecular flexibility index (Phi) is 5.53. The molecule has 0 heterocycles. The van der Waals surface area contributed by atoms with Crippen LogP contribution in [0.2, 0.25) is 10.0 Å². The Morgan fingerprint density at radius 2 is 1.68 bits per heavy atom. The van der Waals surface area contributed by atoms with Gasteiger partial charge < -0.3 is 5.32 Å². The van der Waals surface area contributed by atoms with Crippen LogP contribution in [-0.2, 0) is 4.79 Å². The number of hydrogen-bond acceptors (Lipinski definition) is 3. The Morgan fingerprint density at radius 1 is 0.960 bits per heavy atom. The van der Waals surface area contributed by atoms with Crippen molar-refractivity contribution in [1.82, 2.24) is 5.43 Å². The van der Waals surface area contributed by atoms with Gasteiger partial charge in [-0.05, 0) is 35.0 Å². The number of carbonyl (C=O) groups excluding carboxylic acids is 1. The molecule has 2 N–H and O–H groups in total. The van der Waals surface area contributed by atoms with Gasteiger partial charge in [-0.2, -0.15) is 5.10 Å². The van der Waals surface area contributed by atoms with E-state index in [1.165, 1.54) is 6.21 Å². The van der Waals surface area contributed by atoms with Crippen molar-refractivity contribution in [3.63, 3.8) is 0 Å². The van der Waals surface area contributed by atoms with E-state index in [4.69, 9.17) is 23.2 Å². The number of benzene rings is 3. The highest BCUT2D eigenvalue weighted by molar-refractivity contribution is 6.38. The van der Waals surface area contributed by atoms with Gasteiger partial charge in [0.25, 0.3) is 5.91 Å². The molecular weight excluding hydrogens is 357 g/mol. The van der Waals surface area contributed by atoms with E-state index in [1.54, 1.807) is 18.2 Å². The van der Waals surface area contributed by atoms with Crippen molar-refractivity contribution in [3.05, 3.63) is 76.3 Å². The molecule has 0 fully saturated rings. The highest BCUT2D eigenvalue weighted by Gasteiger charge is 2.03. The largest absolute Gasteiger partial charge is 0.376 e. The van der Waals surface area contributed by atoms with Gasteiger partial charge in [-0.1, -0.05) is 59.6 Å². The van der Waals surface area contributed by atoms with E-state index in [9.17, 15) is 4.79 Å². The molecule has 0 spiro atoms. The van der Waals surface area contributed by atoms with Crippen molar-refractivity contribution in [2.45, 2.75) is 0 Å². The van der Waals surface area contributed by atoms with Crippen LogP contribution in [0.3, 0.4) is 0 Å². The lowest BCUT2D eigenvalue weighted by atomic mass is 10.1. The Hall–Kier alpha value is -2.56. The average molecular weight is 372 g/mol. The number of rotatable bonds is 5. The van der Waals surface area contributed by atoms with Gasteiger partial charge in [-0.25, -0.2) is 5.43 Å². The minimum Gasteiger partial charge on any atom is -0.376 e. The summed E-state index contributed by atoms with van der Waals surface area (Å²) in [6.45, 7) is 0.103. The van der Waals surface area contributed by atoms with Crippen molar-refractivity contribution in [3.8, 4) is 0 Å². The third kappa shape index (κ3) is 4.50. The van der Waals surface area contributed by atoms with Gasteiger partial charge >= 0.3 is 0 Å². The second kappa shape index (κ2) is 8.01. The first-order valence-corrected chi connectivity index (χ1v) is 8.38. The fourth-order valence-corrected chi connectivity index (χ4v) is 2.82. The molecule has 0 radical (unpaired) electrons. The molecule has 126 valence electrons. The molecule has 0 atom stereocenters. The Balaban J connectivity index is 1.56. The van der Waals surface area contributed by atoms with Crippen LogP contribution in [0.5, 0.6) is 0 Å². The van der Waals surface area contributed by atoms with E-state index in [0.717, 1.165) is 16.5 Å². The molecule has 0 saturated carbocycles. The second-order valence-corrected chi connectivity index (χ2v) is 6.16. The van der Waals surface area contributed by atoms with E-state index in [2.05, 4.69) is 15.8 Å². The zero-order valence-electron chi connectivity index (χ0n) is 13.2. The number of hydrogen-bond donors (Lipinski definition) is 2. The van der Waals surface area contributed by atoms with Crippen LogP contribution in [0.1, 0.15) is 5.56 Å². The molecule has 0 unspecified atom stereocenters. The van der Waals surface area contributed by atoms with Gasteiger partial charge in [0.2, 0.25) is 0 Å². The monoisotopic (exact) mass is 371 g/mol. The molecule has 0 aliphatic heterocycles. The SMILES string of the molecule is O=C(CNc1ccc2ccccc2c1)NN=Cc1c(Cl)cccc1Cl. The van der Waals surface area contributed by atoms with Crippen molar-refractivity contribution >= 4 is 51.8 Å². The number of amides is 1. The van der Waals surface area contributed by atoms with Gasteiger partial charge in [0.15, 0.2) is 0 Å². The Labute approximate surface area is 155 Å². The van der Waals surface area contributed by atoms with Crippen LogP contribution in [-0.4, -0.2) is 18.7 Å². The molecule has 0 saturated heterocycles.